The van der Waals surface area contributed by atoms with Crippen LogP contribution in [0, 0.1) is 55.7 Å². The fourth-order valence-electron chi connectivity index (χ4n) is 10.1. The van der Waals surface area contributed by atoms with Gasteiger partial charge in [-0.25, -0.2) is 0 Å². The molecule has 0 aromatic rings. The maximum atomic E-state index is 14.3. The Labute approximate surface area is 220 Å². The molecule has 1 amide bonds. The Balaban J connectivity index is 1.76. The van der Waals surface area contributed by atoms with E-state index < -0.39 is 44.5 Å². The van der Waals surface area contributed by atoms with Crippen molar-refractivity contribution in [2.75, 3.05) is 0 Å². The molecule has 6 heteroatoms. The summed E-state index contributed by atoms with van der Waals surface area (Å²) in [5.41, 5.74) is 1.62. The number of nitrogens with zero attached hydrogens (tertiary/aromatic N) is 1. The Bertz CT molecular complexity index is 1240. The number of Topliss-reactive ketones (excluding diaryl/α,β-unsaturated/α-hetero) is 1. The molecule has 7 atom stereocenters. The van der Waals surface area contributed by atoms with Crippen molar-refractivity contribution < 1.29 is 19.5 Å². The predicted molar refractivity (Wildman–Crippen MR) is 140 cm³/mol. The number of hydrogen-bond donors (Lipinski definition) is 2. The number of nitrogens with two attached hydrogens (primary N) is 1. The van der Waals surface area contributed by atoms with Gasteiger partial charge in [0.15, 0.2) is 11.6 Å². The molecule has 5 aliphatic carbocycles. The molecule has 0 bridgehead atoms. The lowest BCUT2D eigenvalue weighted by molar-refractivity contribution is -0.242. The van der Waals surface area contributed by atoms with E-state index in [1.165, 1.54) is 0 Å². The summed E-state index contributed by atoms with van der Waals surface area (Å²) in [5, 5.41) is 22.6. The molecule has 6 nitrogen and oxygen atoms in total. The molecule has 0 aromatic carbocycles. The number of nitriles is 1. The van der Waals surface area contributed by atoms with Crippen LogP contribution >= 0.6 is 0 Å². The summed E-state index contributed by atoms with van der Waals surface area (Å²) in [6, 6.07) is 2.12. The maximum Gasteiger partial charge on any atom is 0.224 e. The van der Waals surface area contributed by atoms with Crippen molar-refractivity contribution in [2.45, 2.75) is 99.0 Å². The molecule has 0 unspecified atom stereocenters. The first-order chi connectivity index (χ1) is 16.9. The molecule has 0 spiro atoms. The molecule has 0 aliphatic heterocycles. The third-order valence-electron chi connectivity index (χ3n) is 12.5. The molecule has 200 valence electrons. The van der Waals surface area contributed by atoms with Crippen LogP contribution in [-0.2, 0) is 14.4 Å². The minimum absolute atomic E-state index is 0.0616. The molecule has 5 rings (SSSR count). The fourth-order valence-corrected chi connectivity index (χ4v) is 10.1. The highest BCUT2D eigenvalue weighted by Gasteiger charge is 2.76. The molecule has 3 saturated carbocycles. The summed E-state index contributed by atoms with van der Waals surface area (Å²) in [6.07, 6.45) is 7.96. The minimum Gasteiger partial charge on any atom is -0.381 e. The number of hydrogen-bond acceptors (Lipinski definition) is 5. The Morgan fingerprint density at radius 3 is 2.22 bits per heavy atom. The standard InChI is InChI=1S/C31H42N2O4/c1-25(2)10-12-30(24(33)36)13-11-29(7)28(6)9-8-19-26(3,4)23(35)18(17-32)15-27(19,5)20(28)14-22(34)31(29,37)21(30)16-25/h14-15,19,21,37H,8-13,16H2,1-7H3,(H2,33,36)/t19-,21+,27-,28+,29-,30-,31+/m0/s1. The second kappa shape index (κ2) is 7.23. The summed E-state index contributed by atoms with van der Waals surface area (Å²) in [7, 11) is 0. The molecular weight excluding hydrogens is 464 g/mol. The van der Waals surface area contributed by atoms with Crippen molar-refractivity contribution in [3.8, 4) is 6.07 Å². The topological polar surface area (TPSA) is 121 Å². The number of amides is 1. The van der Waals surface area contributed by atoms with Crippen LogP contribution in [-0.4, -0.2) is 28.2 Å². The van der Waals surface area contributed by atoms with E-state index in [1.54, 1.807) is 12.2 Å². The number of rotatable bonds is 1. The first kappa shape index (κ1) is 26.4. The second-order valence-corrected chi connectivity index (χ2v) is 14.9. The van der Waals surface area contributed by atoms with Gasteiger partial charge in [-0.3, -0.25) is 14.4 Å². The average Bonchev–Trinajstić information content (AvgIpc) is 2.80. The highest BCUT2D eigenvalue weighted by atomic mass is 16.3. The number of carbonyl (C=O) groups excluding carboxylic acids is 3. The van der Waals surface area contributed by atoms with Crippen LogP contribution in [0.2, 0.25) is 0 Å². The van der Waals surface area contributed by atoms with Gasteiger partial charge < -0.3 is 10.8 Å². The lowest BCUT2D eigenvalue weighted by Gasteiger charge is -2.71. The molecule has 0 aromatic heterocycles. The molecule has 0 saturated heterocycles. The van der Waals surface area contributed by atoms with Crippen LogP contribution in [0.5, 0.6) is 0 Å². The van der Waals surface area contributed by atoms with Crippen molar-refractivity contribution in [1.29, 1.82) is 5.26 Å². The smallest absolute Gasteiger partial charge is 0.224 e. The number of allylic oxidation sites excluding steroid dienone is 3. The van der Waals surface area contributed by atoms with Crippen molar-refractivity contribution in [1.82, 2.24) is 0 Å². The van der Waals surface area contributed by atoms with Crippen LogP contribution in [0.4, 0.5) is 0 Å². The summed E-state index contributed by atoms with van der Waals surface area (Å²) < 4.78 is 0. The van der Waals surface area contributed by atoms with E-state index in [0.29, 0.717) is 25.7 Å². The number of carbonyl (C=O) groups is 3. The highest BCUT2D eigenvalue weighted by molar-refractivity contribution is 6.05. The highest BCUT2D eigenvalue weighted by Crippen LogP contribution is 2.75. The fraction of sp³-hybridized carbons (Fsp3) is 0.742. The third kappa shape index (κ3) is 2.82. The summed E-state index contributed by atoms with van der Waals surface area (Å²) in [5.74, 6) is -1.50. The minimum atomic E-state index is -1.72. The average molecular weight is 507 g/mol. The van der Waals surface area contributed by atoms with Crippen molar-refractivity contribution in [2.24, 2.45) is 50.1 Å². The Morgan fingerprint density at radius 2 is 1.62 bits per heavy atom. The first-order valence-corrected chi connectivity index (χ1v) is 13.8. The van der Waals surface area contributed by atoms with E-state index in [9.17, 15) is 24.8 Å². The zero-order valence-electron chi connectivity index (χ0n) is 23.5. The molecule has 3 fully saturated rings. The van der Waals surface area contributed by atoms with Gasteiger partial charge in [0.25, 0.3) is 0 Å². The van der Waals surface area contributed by atoms with Crippen LogP contribution in [0.15, 0.2) is 23.3 Å². The van der Waals surface area contributed by atoms with Gasteiger partial charge in [0.05, 0.1) is 11.0 Å². The van der Waals surface area contributed by atoms with Gasteiger partial charge in [0.1, 0.15) is 11.7 Å². The zero-order valence-corrected chi connectivity index (χ0v) is 23.5. The quantitative estimate of drug-likeness (QED) is 0.529. The number of fused-ring (bicyclic) bond motifs is 7. The molecule has 0 heterocycles. The van der Waals surface area contributed by atoms with E-state index in [0.717, 1.165) is 24.8 Å². The Morgan fingerprint density at radius 1 is 1.00 bits per heavy atom. The van der Waals surface area contributed by atoms with Gasteiger partial charge in [-0.1, -0.05) is 54.5 Å². The molecule has 3 N–H and O–H groups in total. The SMILES string of the molecule is CC1(C)CC[C@]2(C(N)=O)CC[C@@]3(C)[C@]4(C)CC[C@H]5C(C)(C)C(=O)C(C#N)=C[C@]5(C)C4=CC(=O)[C@]3(O)[C@@H]2C1. The number of primary amides is 1. The first-order valence-electron chi connectivity index (χ1n) is 13.8. The van der Waals surface area contributed by atoms with Crippen LogP contribution in [0.1, 0.15) is 93.4 Å². The van der Waals surface area contributed by atoms with Gasteiger partial charge in [-0.2, -0.15) is 5.26 Å². The summed E-state index contributed by atoms with van der Waals surface area (Å²) >= 11 is 0. The van der Waals surface area contributed by atoms with E-state index in [-0.39, 0.29) is 28.5 Å². The maximum absolute atomic E-state index is 14.3. The number of ketones is 2. The second-order valence-electron chi connectivity index (χ2n) is 14.9. The van der Waals surface area contributed by atoms with Crippen LogP contribution in [0.3, 0.4) is 0 Å². The van der Waals surface area contributed by atoms with Gasteiger partial charge in [-0.05, 0) is 73.3 Å². The largest absolute Gasteiger partial charge is 0.381 e. The van der Waals surface area contributed by atoms with Gasteiger partial charge in [0, 0.05) is 22.2 Å². The van der Waals surface area contributed by atoms with Gasteiger partial charge in [0.2, 0.25) is 5.91 Å². The summed E-state index contributed by atoms with van der Waals surface area (Å²) in [6.45, 7) is 14.4. The van der Waals surface area contributed by atoms with E-state index >= 15 is 0 Å². The van der Waals surface area contributed by atoms with Crippen LogP contribution < -0.4 is 5.73 Å². The van der Waals surface area contributed by atoms with E-state index in [1.807, 2.05) is 20.8 Å². The van der Waals surface area contributed by atoms with Crippen molar-refractivity contribution >= 4 is 17.5 Å². The monoisotopic (exact) mass is 506 g/mol. The van der Waals surface area contributed by atoms with Crippen LogP contribution in [0.25, 0.3) is 0 Å². The third-order valence-corrected chi connectivity index (χ3v) is 12.5. The molecule has 5 aliphatic rings. The predicted octanol–water partition coefficient (Wildman–Crippen LogP) is 4.81. The Kier molecular flexibility index (Phi) is 5.15. The van der Waals surface area contributed by atoms with Gasteiger partial charge in [-0.15, -0.1) is 0 Å². The zero-order chi connectivity index (χ0) is 27.6. The Hall–Kier alpha value is -2.26. The van der Waals surface area contributed by atoms with Crippen molar-refractivity contribution in [3.05, 3.63) is 23.3 Å². The molecule has 37 heavy (non-hydrogen) atoms. The summed E-state index contributed by atoms with van der Waals surface area (Å²) in [4.78, 5) is 40.6. The molecular formula is C31H42N2O4. The lowest BCUT2D eigenvalue weighted by Crippen LogP contribution is -2.75. The van der Waals surface area contributed by atoms with Gasteiger partial charge >= 0.3 is 0 Å². The number of aliphatic hydroxyl groups is 1. The lowest BCUT2D eigenvalue weighted by atomic mass is 9.32. The van der Waals surface area contributed by atoms with E-state index in [2.05, 4.69) is 33.8 Å². The normalized spacial score (nSPS) is 47.8. The van der Waals surface area contributed by atoms with E-state index in [4.69, 9.17) is 5.73 Å². The molecule has 0 radical (unpaired) electrons. The van der Waals surface area contributed by atoms with Crippen molar-refractivity contribution in [3.63, 3.8) is 0 Å².